The molecular weight excluding hydrogens is 464 g/mol. The number of fused-ring (bicyclic) bond motifs is 2. The lowest BCUT2D eigenvalue weighted by Crippen LogP contribution is -2.48. The smallest absolute Gasteiger partial charge is 0.352 e. The number of carbonyl (C=O) groups excluding carboxylic acids is 1. The summed E-state index contributed by atoms with van der Waals surface area (Å²) in [5.74, 6) is -0.790. The second-order valence-corrected chi connectivity index (χ2v) is 9.75. The van der Waals surface area contributed by atoms with Crippen molar-refractivity contribution in [3.63, 3.8) is 0 Å². The van der Waals surface area contributed by atoms with Crippen molar-refractivity contribution < 1.29 is 14.7 Å². The van der Waals surface area contributed by atoms with E-state index in [9.17, 15) is 9.59 Å². The van der Waals surface area contributed by atoms with Gasteiger partial charge in [-0.1, -0.05) is 75.4 Å². The van der Waals surface area contributed by atoms with Gasteiger partial charge in [-0.3, -0.25) is 9.69 Å². The molecule has 7 nitrogen and oxygen atoms in total. The van der Waals surface area contributed by atoms with Crippen LogP contribution in [0.3, 0.4) is 0 Å². The van der Waals surface area contributed by atoms with Crippen molar-refractivity contribution in [2.75, 3.05) is 32.7 Å². The average Bonchev–Trinajstić information content (AvgIpc) is 3.56. The Kier molecular flexibility index (Phi) is 9.38. The number of carboxylic acids is 1. The van der Waals surface area contributed by atoms with Gasteiger partial charge >= 0.3 is 5.97 Å². The third-order valence-corrected chi connectivity index (χ3v) is 7.01. The fourth-order valence-electron chi connectivity index (χ4n) is 4.84. The number of rotatable bonds is 9. The number of nitrogens with zero attached hydrogens (tertiary/aromatic N) is 2. The Balaban J connectivity index is 0.000000222. The number of para-hydroxylation sites is 2. The van der Waals surface area contributed by atoms with Gasteiger partial charge in [-0.15, -0.1) is 0 Å². The van der Waals surface area contributed by atoms with Gasteiger partial charge in [-0.05, 0) is 37.2 Å². The molecule has 1 aliphatic heterocycles. The Morgan fingerprint density at radius 3 is 1.89 bits per heavy atom. The SMILES string of the molecule is CCCCCCCCN1CCN(C(=O)c2cc3ccccc3[nH]2)CC1.O=C(O)c1cc2ccccc2[nH]1. The van der Waals surface area contributed by atoms with Crippen molar-refractivity contribution in [2.24, 2.45) is 0 Å². The third kappa shape index (κ3) is 7.23. The van der Waals surface area contributed by atoms with Crippen molar-refractivity contribution in [1.82, 2.24) is 19.8 Å². The number of hydrogen-bond acceptors (Lipinski definition) is 3. The lowest BCUT2D eigenvalue weighted by molar-refractivity contribution is 0.0629. The van der Waals surface area contributed by atoms with Crippen LogP contribution in [0.1, 0.15) is 66.4 Å². The summed E-state index contributed by atoms with van der Waals surface area (Å²) in [5, 5.41) is 10.7. The summed E-state index contributed by atoms with van der Waals surface area (Å²) in [6.07, 6.45) is 8.06. The van der Waals surface area contributed by atoms with Crippen LogP contribution in [0.25, 0.3) is 21.8 Å². The zero-order valence-electron chi connectivity index (χ0n) is 21.7. The minimum Gasteiger partial charge on any atom is -0.477 e. The van der Waals surface area contributed by atoms with E-state index in [4.69, 9.17) is 5.11 Å². The number of amides is 1. The molecule has 0 atom stereocenters. The van der Waals surface area contributed by atoms with E-state index in [1.165, 1.54) is 45.1 Å². The van der Waals surface area contributed by atoms with Crippen LogP contribution in [-0.2, 0) is 0 Å². The fourth-order valence-corrected chi connectivity index (χ4v) is 4.84. The maximum absolute atomic E-state index is 12.7. The molecule has 2 aromatic carbocycles. The lowest BCUT2D eigenvalue weighted by Gasteiger charge is -2.34. The predicted octanol–water partition coefficient (Wildman–Crippen LogP) is 6.15. The van der Waals surface area contributed by atoms with E-state index in [0.717, 1.165) is 48.0 Å². The molecule has 1 saturated heterocycles. The summed E-state index contributed by atoms with van der Waals surface area (Å²) in [6.45, 7) is 7.12. The highest BCUT2D eigenvalue weighted by Gasteiger charge is 2.23. The number of carbonyl (C=O) groups is 2. The number of carboxylic acid groups (broad SMARTS) is 1. The van der Waals surface area contributed by atoms with Crippen LogP contribution in [-0.4, -0.2) is 69.5 Å². The summed E-state index contributed by atoms with van der Waals surface area (Å²) in [6, 6.07) is 19.1. The highest BCUT2D eigenvalue weighted by Crippen LogP contribution is 2.17. The summed E-state index contributed by atoms with van der Waals surface area (Å²) >= 11 is 0. The number of aromatic nitrogens is 2. The molecule has 1 aliphatic rings. The molecule has 5 rings (SSSR count). The molecule has 0 spiro atoms. The Morgan fingerprint density at radius 2 is 1.30 bits per heavy atom. The summed E-state index contributed by atoms with van der Waals surface area (Å²) in [7, 11) is 0. The normalized spacial score (nSPS) is 14.0. The highest BCUT2D eigenvalue weighted by molar-refractivity contribution is 5.98. The number of unbranched alkanes of at least 4 members (excludes halogenated alkanes) is 5. The van der Waals surface area contributed by atoms with E-state index in [2.05, 4.69) is 21.8 Å². The van der Waals surface area contributed by atoms with Gasteiger partial charge in [0.15, 0.2) is 0 Å². The first-order valence-corrected chi connectivity index (χ1v) is 13.5. The molecule has 0 radical (unpaired) electrons. The van der Waals surface area contributed by atoms with E-state index in [0.29, 0.717) is 5.69 Å². The summed E-state index contributed by atoms with van der Waals surface area (Å²) < 4.78 is 0. The first kappa shape index (κ1) is 26.5. The van der Waals surface area contributed by atoms with Crippen LogP contribution in [0, 0.1) is 0 Å². The quantitative estimate of drug-likeness (QED) is 0.239. The van der Waals surface area contributed by atoms with Gasteiger partial charge in [0.05, 0.1) is 0 Å². The van der Waals surface area contributed by atoms with Gasteiger partial charge in [0.2, 0.25) is 0 Å². The largest absolute Gasteiger partial charge is 0.477 e. The van der Waals surface area contributed by atoms with Crippen LogP contribution in [0.15, 0.2) is 60.7 Å². The Hall–Kier alpha value is -3.58. The topological polar surface area (TPSA) is 92.4 Å². The molecule has 7 heteroatoms. The molecule has 1 amide bonds. The van der Waals surface area contributed by atoms with Gasteiger partial charge in [0, 0.05) is 48.0 Å². The first-order valence-electron chi connectivity index (χ1n) is 13.5. The number of nitrogens with one attached hydrogen (secondary N) is 2. The maximum Gasteiger partial charge on any atom is 0.352 e. The monoisotopic (exact) mass is 502 g/mol. The van der Waals surface area contributed by atoms with E-state index >= 15 is 0 Å². The van der Waals surface area contributed by atoms with Crippen LogP contribution in [0.2, 0.25) is 0 Å². The van der Waals surface area contributed by atoms with Crippen LogP contribution >= 0.6 is 0 Å². The minimum absolute atomic E-state index is 0.135. The van der Waals surface area contributed by atoms with Crippen molar-refractivity contribution >= 4 is 33.7 Å². The maximum atomic E-state index is 12.7. The number of piperazine rings is 1. The number of aromatic amines is 2. The first-order chi connectivity index (χ1) is 18.0. The number of aromatic carboxylic acids is 1. The average molecular weight is 503 g/mol. The molecule has 37 heavy (non-hydrogen) atoms. The van der Waals surface area contributed by atoms with Crippen molar-refractivity contribution in [1.29, 1.82) is 0 Å². The Labute approximate surface area is 218 Å². The molecule has 0 aliphatic carbocycles. The molecule has 0 unspecified atom stereocenters. The highest BCUT2D eigenvalue weighted by atomic mass is 16.4. The zero-order chi connectivity index (χ0) is 26.0. The molecule has 0 saturated carbocycles. The summed E-state index contributed by atoms with van der Waals surface area (Å²) in [4.78, 5) is 33.8. The molecule has 2 aromatic heterocycles. The Bertz CT molecular complexity index is 1230. The zero-order valence-corrected chi connectivity index (χ0v) is 21.7. The van der Waals surface area contributed by atoms with E-state index < -0.39 is 5.97 Å². The van der Waals surface area contributed by atoms with Gasteiger partial charge in [0.1, 0.15) is 11.4 Å². The second kappa shape index (κ2) is 13.1. The van der Waals surface area contributed by atoms with Crippen LogP contribution in [0.4, 0.5) is 0 Å². The van der Waals surface area contributed by atoms with Crippen LogP contribution in [0.5, 0.6) is 0 Å². The molecule has 4 aromatic rings. The van der Waals surface area contributed by atoms with E-state index in [-0.39, 0.29) is 11.6 Å². The number of hydrogen-bond donors (Lipinski definition) is 3. The molecule has 3 N–H and O–H groups in total. The standard InChI is InChI=1S/C21H31N3O.C9H7NO2/c1-2-3-4-5-6-9-12-23-13-15-24(16-14-23)21(25)20-17-18-10-7-8-11-19(18)22-20;11-9(12)8-5-6-3-1-2-4-7(6)10-8/h7-8,10-11,17,22H,2-6,9,12-16H2,1H3;1-5,10H,(H,11,12). The third-order valence-electron chi connectivity index (χ3n) is 7.01. The van der Waals surface area contributed by atoms with E-state index in [1.54, 1.807) is 6.07 Å². The fraction of sp³-hybridized carbons (Fsp3) is 0.400. The number of benzene rings is 2. The van der Waals surface area contributed by atoms with Crippen LogP contribution < -0.4 is 0 Å². The Morgan fingerprint density at radius 1 is 0.757 bits per heavy atom. The molecule has 196 valence electrons. The molecule has 1 fully saturated rings. The van der Waals surface area contributed by atoms with Gasteiger partial charge < -0.3 is 20.0 Å². The van der Waals surface area contributed by atoms with Crippen molar-refractivity contribution in [3.05, 3.63) is 72.1 Å². The van der Waals surface area contributed by atoms with Crippen molar-refractivity contribution in [2.45, 2.75) is 45.4 Å². The predicted molar refractivity (Wildman–Crippen MR) is 149 cm³/mol. The lowest BCUT2D eigenvalue weighted by atomic mass is 10.1. The van der Waals surface area contributed by atoms with Gasteiger partial charge in [-0.25, -0.2) is 4.79 Å². The van der Waals surface area contributed by atoms with Crippen molar-refractivity contribution in [3.8, 4) is 0 Å². The van der Waals surface area contributed by atoms with Gasteiger partial charge in [0.25, 0.3) is 5.91 Å². The minimum atomic E-state index is -0.925. The molecular formula is C30H38N4O3. The second-order valence-electron chi connectivity index (χ2n) is 9.75. The summed E-state index contributed by atoms with van der Waals surface area (Å²) in [5.41, 5.74) is 2.84. The molecule has 3 heterocycles. The molecule has 0 bridgehead atoms. The van der Waals surface area contributed by atoms with E-state index in [1.807, 2.05) is 59.5 Å². The van der Waals surface area contributed by atoms with Gasteiger partial charge in [-0.2, -0.15) is 0 Å². The number of H-pyrrole nitrogens is 2.